The zero-order valence-electron chi connectivity index (χ0n) is 5.45. The Balaban J connectivity index is 0. The van der Waals surface area contributed by atoms with Crippen LogP contribution >= 0.6 is 0 Å². The van der Waals surface area contributed by atoms with Crippen molar-refractivity contribution in [1.29, 1.82) is 0 Å². The highest BCUT2D eigenvalue weighted by Crippen LogP contribution is 1.44. The Morgan fingerprint density at radius 2 is 1.17 bits per heavy atom. The first-order chi connectivity index (χ1) is 2.73. The van der Waals surface area contributed by atoms with Gasteiger partial charge in [0.1, 0.15) is 0 Å². The van der Waals surface area contributed by atoms with E-state index in [-0.39, 0.29) is 0 Å². The van der Waals surface area contributed by atoms with Crippen LogP contribution < -0.4 is 0 Å². The van der Waals surface area contributed by atoms with Crippen LogP contribution in [0.25, 0.3) is 0 Å². The smallest absolute Gasteiger partial charge is 0.0777 e. The van der Waals surface area contributed by atoms with Gasteiger partial charge in [-0.2, -0.15) is 0 Å². The van der Waals surface area contributed by atoms with Crippen molar-refractivity contribution in [2.75, 3.05) is 14.1 Å². The molecule has 1 nitrogen and oxygen atoms in total. The molecule has 0 aromatic carbocycles. The monoisotopic (exact) mass is 105 g/mol. The molecule has 0 aliphatic heterocycles. The fraction of sp³-hybridized carbons (Fsp3) is 1.00. The van der Waals surface area contributed by atoms with Crippen molar-refractivity contribution < 1.29 is 0 Å². The van der Waals surface area contributed by atoms with E-state index in [1.165, 1.54) is 10.4 Å². The van der Waals surface area contributed by atoms with E-state index in [9.17, 15) is 0 Å². The molecule has 0 atom stereocenters. The molecule has 6 heavy (non-hydrogen) atoms. The summed E-state index contributed by atoms with van der Waals surface area (Å²) < 4.78 is 2.14. The standard InChI is InChI=1S/C2H9NSi.C2H6/c1-3(2)4;1-2/h1-2,4H3;1-2H3. The second-order valence-electron chi connectivity index (χ2n) is 1.34. The maximum atomic E-state index is 2.14. The molecule has 40 valence electrons. The van der Waals surface area contributed by atoms with E-state index < -0.39 is 0 Å². The van der Waals surface area contributed by atoms with E-state index in [2.05, 4.69) is 18.7 Å². The zero-order chi connectivity index (χ0) is 5.58. The molecule has 0 unspecified atom stereocenters. The Bertz CT molecular complexity index is 12.3. The van der Waals surface area contributed by atoms with Crippen LogP contribution in [0.2, 0.25) is 0 Å². The van der Waals surface area contributed by atoms with Crippen LogP contribution in [-0.4, -0.2) is 29.1 Å². The number of hydrogen-bond donors (Lipinski definition) is 0. The van der Waals surface area contributed by atoms with E-state index in [0.29, 0.717) is 0 Å². The summed E-state index contributed by atoms with van der Waals surface area (Å²) >= 11 is 0. The molecule has 0 radical (unpaired) electrons. The average molecular weight is 105 g/mol. The fourth-order valence-corrected chi connectivity index (χ4v) is 0. The van der Waals surface area contributed by atoms with Gasteiger partial charge in [-0.05, 0) is 14.1 Å². The van der Waals surface area contributed by atoms with Crippen LogP contribution in [-0.2, 0) is 0 Å². The van der Waals surface area contributed by atoms with Crippen LogP contribution in [0.3, 0.4) is 0 Å². The maximum Gasteiger partial charge on any atom is 0.0777 e. The van der Waals surface area contributed by atoms with Gasteiger partial charge in [0.05, 0.1) is 10.4 Å². The topological polar surface area (TPSA) is 3.24 Å². The first kappa shape index (κ1) is 9.49. The summed E-state index contributed by atoms with van der Waals surface area (Å²) in [5.74, 6) is 0. The molecule has 2 heteroatoms. The number of rotatable bonds is 0. The van der Waals surface area contributed by atoms with Crippen molar-refractivity contribution in [3.63, 3.8) is 0 Å². The number of hydrogen-bond acceptors (Lipinski definition) is 1. The van der Waals surface area contributed by atoms with Crippen molar-refractivity contribution >= 4 is 10.4 Å². The Morgan fingerprint density at radius 3 is 1.17 bits per heavy atom. The molecule has 0 aromatic rings. The molecule has 0 saturated carbocycles. The van der Waals surface area contributed by atoms with Gasteiger partial charge in [-0.25, -0.2) is 0 Å². The van der Waals surface area contributed by atoms with Crippen molar-refractivity contribution in [2.45, 2.75) is 13.8 Å². The van der Waals surface area contributed by atoms with Crippen LogP contribution in [0.1, 0.15) is 13.8 Å². The molecule has 0 aromatic heterocycles. The minimum atomic E-state index is 1.18. The minimum absolute atomic E-state index is 1.18. The lowest BCUT2D eigenvalue weighted by Gasteiger charge is -1.90. The molecule has 0 aliphatic carbocycles. The summed E-state index contributed by atoms with van der Waals surface area (Å²) in [4.78, 5) is 0. The first-order valence-electron chi connectivity index (χ1n) is 2.34. The summed E-state index contributed by atoms with van der Waals surface area (Å²) in [7, 11) is 5.31. The summed E-state index contributed by atoms with van der Waals surface area (Å²) in [6, 6.07) is 0. The van der Waals surface area contributed by atoms with Gasteiger partial charge >= 0.3 is 0 Å². The zero-order valence-corrected chi connectivity index (χ0v) is 7.45. The summed E-state index contributed by atoms with van der Waals surface area (Å²) in [6.07, 6.45) is 0. The minimum Gasteiger partial charge on any atom is -0.337 e. The first-order valence-corrected chi connectivity index (χ1v) is 3.24. The molecule has 0 heterocycles. The van der Waals surface area contributed by atoms with E-state index >= 15 is 0 Å². The van der Waals surface area contributed by atoms with E-state index in [0.717, 1.165) is 0 Å². The predicted octanol–water partition coefficient (Wildman–Crippen LogP) is -0.145. The van der Waals surface area contributed by atoms with Gasteiger partial charge in [-0.3, -0.25) is 0 Å². The second kappa shape index (κ2) is 8.95. The van der Waals surface area contributed by atoms with Gasteiger partial charge < -0.3 is 4.57 Å². The van der Waals surface area contributed by atoms with Gasteiger partial charge in [0.25, 0.3) is 0 Å². The Morgan fingerprint density at radius 1 is 1.17 bits per heavy atom. The largest absolute Gasteiger partial charge is 0.337 e. The fourth-order valence-electron chi connectivity index (χ4n) is 0. The van der Waals surface area contributed by atoms with Gasteiger partial charge in [-0.1, -0.05) is 13.8 Å². The van der Waals surface area contributed by atoms with E-state index in [4.69, 9.17) is 0 Å². The lowest BCUT2D eigenvalue weighted by molar-refractivity contribution is 0.679. The molecule has 0 fully saturated rings. The highest BCUT2D eigenvalue weighted by Gasteiger charge is 1.58. The van der Waals surface area contributed by atoms with Crippen molar-refractivity contribution in [2.24, 2.45) is 0 Å². The molecule has 0 N–H and O–H groups in total. The molecule has 0 bridgehead atoms. The highest BCUT2D eigenvalue weighted by atomic mass is 28.2. The normalized spacial score (nSPS) is 7.50. The SMILES string of the molecule is CC.CN(C)[SiH3]. The third kappa shape index (κ3) is 1350. The lowest BCUT2D eigenvalue weighted by atomic mass is 11.0. The molecular weight excluding hydrogens is 90.1 g/mol. The van der Waals surface area contributed by atoms with Crippen LogP contribution in [0.5, 0.6) is 0 Å². The molecular formula is C4H15NSi. The van der Waals surface area contributed by atoms with Crippen LogP contribution in [0.4, 0.5) is 0 Å². The van der Waals surface area contributed by atoms with Gasteiger partial charge in [-0.15, -0.1) is 0 Å². The Kier molecular flexibility index (Phi) is 14.2. The molecule has 0 aliphatic rings. The van der Waals surface area contributed by atoms with Crippen molar-refractivity contribution in [1.82, 2.24) is 4.57 Å². The Hall–Kier alpha value is 0.177. The second-order valence-corrected chi connectivity index (χ2v) is 3.13. The summed E-state index contributed by atoms with van der Waals surface area (Å²) in [6.45, 7) is 4.00. The van der Waals surface area contributed by atoms with Crippen molar-refractivity contribution in [3.8, 4) is 0 Å². The Labute approximate surface area is 43.9 Å². The summed E-state index contributed by atoms with van der Waals surface area (Å²) in [5, 5.41) is 0. The average Bonchev–Trinajstić information content (AvgIpc) is 1.41. The molecule has 0 amide bonds. The van der Waals surface area contributed by atoms with E-state index in [1.54, 1.807) is 0 Å². The molecule has 0 rings (SSSR count). The third-order valence-corrected chi connectivity index (χ3v) is 0. The lowest BCUT2D eigenvalue weighted by Crippen LogP contribution is -2.02. The number of nitrogens with zero attached hydrogens (tertiary/aromatic N) is 1. The third-order valence-electron chi connectivity index (χ3n) is 0. The van der Waals surface area contributed by atoms with Gasteiger partial charge in [0, 0.05) is 0 Å². The van der Waals surface area contributed by atoms with Crippen molar-refractivity contribution in [3.05, 3.63) is 0 Å². The quantitative estimate of drug-likeness (QED) is 0.387. The summed E-state index contributed by atoms with van der Waals surface area (Å²) in [5.41, 5.74) is 0. The van der Waals surface area contributed by atoms with Gasteiger partial charge in [0.2, 0.25) is 0 Å². The predicted molar refractivity (Wildman–Crippen MR) is 35.0 cm³/mol. The highest BCUT2D eigenvalue weighted by molar-refractivity contribution is 6.03. The molecule has 0 saturated heterocycles. The maximum absolute atomic E-state index is 2.14. The van der Waals surface area contributed by atoms with Crippen LogP contribution in [0.15, 0.2) is 0 Å². The van der Waals surface area contributed by atoms with E-state index in [1.807, 2.05) is 13.8 Å². The molecule has 0 spiro atoms. The van der Waals surface area contributed by atoms with Gasteiger partial charge in [0.15, 0.2) is 0 Å². The van der Waals surface area contributed by atoms with Crippen LogP contribution in [0, 0.1) is 0 Å².